The number of hydrogen-bond acceptors (Lipinski definition) is 3. The summed E-state index contributed by atoms with van der Waals surface area (Å²) in [5.41, 5.74) is 3.01. The van der Waals surface area contributed by atoms with Gasteiger partial charge in [0.05, 0.1) is 7.11 Å². The van der Waals surface area contributed by atoms with Gasteiger partial charge in [-0.3, -0.25) is 4.79 Å². The first-order valence-corrected chi connectivity index (χ1v) is 8.76. The van der Waals surface area contributed by atoms with Crippen LogP contribution in [0.2, 0.25) is 0 Å². The number of rotatable bonds is 8. The summed E-state index contributed by atoms with van der Waals surface area (Å²) < 4.78 is 5.24. The molecule has 0 aliphatic rings. The molecule has 0 spiro atoms. The Labute approximate surface area is 166 Å². The summed E-state index contributed by atoms with van der Waals surface area (Å²) in [5.74, 6) is 0.942. The van der Waals surface area contributed by atoms with E-state index in [2.05, 4.69) is 17.4 Å². The van der Waals surface area contributed by atoms with Crippen molar-refractivity contribution in [1.29, 1.82) is 0 Å². The van der Waals surface area contributed by atoms with Crippen LogP contribution in [0.5, 0.6) is 5.75 Å². The molecule has 3 rings (SSSR count). The smallest absolute Gasteiger partial charge is 0.164 e. The number of carbonyl (C=O) groups is 1. The van der Waals surface area contributed by atoms with Crippen molar-refractivity contribution >= 4 is 18.2 Å². The van der Waals surface area contributed by atoms with Gasteiger partial charge in [-0.05, 0) is 23.3 Å². The van der Waals surface area contributed by atoms with Crippen LogP contribution in [0.3, 0.4) is 0 Å². The number of halogens is 1. The van der Waals surface area contributed by atoms with E-state index in [1.54, 1.807) is 7.11 Å². The highest BCUT2D eigenvalue weighted by Gasteiger charge is 2.17. The molecule has 4 heteroatoms. The van der Waals surface area contributed by atoms with Crippen molar-refractivity contribution in [1.82, 2.24) is 5.32 Å². The molecule has 3 nitrogen and oxygen atoms in total. The lowest BCUT2D eigenvalue weighted by atomic mass is 9.97. The van der Waals surface area contributed by atoms with Gasteiger partial charge in [0.1, 0.15) is 5.75 Å². The Morgan fingerprint density at radius 2 is 1.48 bits per heavy atom. The molecule has 0 aliphatic carbocycles. The minimum atomic E-state index is -0.0613. The fourth-order valence-corrected chi connectivity index (χ4v) is 2.91. The minimum Gasteiger partial charge on any atom is -0.497 e. The number of ether oxygens (including phenoxy) is 1. The standard InChI is InChI=1S/C23H23NO2.ClH/c1-26-21-14-12-19(13-15-21)22(24-17-18-8-4-2-5-9-18)16-23(25)20-10-6-3-7-11-20;/h2-15,22,24H,16-17H2,1H3;1H. The lowest BCUT2D eigenvalue weighted by Crippen LogP contribution is -2.23. The largest absolute Gasteiger partial charge is 0.497 e. The van der Waals surface area contributed by atoms with E-state index < -0.39 is 0 Å². The van der Waals surface area contributed by atoms with E-state index in [9.17, 15) is 4.79 Å². The SMILES string of the molecule is COc1ccc(C(CC(=O)c2ccccc2)NCc2ccccc2)cc1.Cl. The molecule has 27 heavy (non-hydrogen) atoms. The Hall–Kier alpha value is -2.62. The van der Waals surface area contributed by atoms with E-state index in [-0.39, 0.29) is 24.2 Å². The van der Waals surface area contributed by atoms with Gasteiger partial charge in [0, 0.05) is 24.6 Å². The number of carbonyl (C=O) groups excluding carboxylic acids is 1. The fourth-order valence-electron chi connectivity index (χ4n) is 2.91. The molecule has 0 radical (unpaired) electrons. The molecule has 1 unspecified atom stereocenters. The van der Waals surface area contributed by atoms with Crippen molar-refractivity contribution in [3.8, 4) is 5.75 Å². The zero-order valence-corrected chi connectivity index (χ0v) is 16.1. The maximum atomic E-state index is 12.7. The van der Waals surface area contributed by atoms with Gasteiger partial charge in [-0.2, -0.15) is 0 Å². The second-order valence-corrected chi connectivity index (χ2v) is 6.19. The molecule has 0 heterocycles. The number of benzene rings is 3. The molecule has 140 valence electrons. The molecule has 0 aromatic heterocycles. The summed E-state index contributed by atoms with van der Waals surface area (Å²) >= 11 is 0. The molecule has 0 saturated carbocycles. The van der Waals surface area contributed by atoms with E-state index >= 15 is 0 Å². The van der Waals surface area contributed by atoms with E-state index in [1.165, 1.54) is 5.56 Å². The summed E-state index contributed by atoms with van der Waals surface area (Å²) in [7, 11) is 1.65. The van der Waals surface area contributed by atoms with Crippen molar-refractivity contribution in [3.05, 3.63) is 102 Å². The highest BCUT2D eigenvalue weighted by atomic mass is 35.5. The molecular weight excluding hydrogens is 358 g/mol. The molecule has 0 aliphatic heterocycles. The molecule has 3 aromatic carbocycles. The fraction of sp³-hybridized carbons (Fsp3) is 0.174. The van der Waals surface area contributed by atoms with Crippen molar-refractivity contribution in [3.63, 3.8) is 0 Å². The average Bonchev–Trinajstić information content (AvgIpc) is 2.72. The molecule has 0 fully saturated rings. The number of nitrogens with one attached hydrogen (secondary N) is 1. The summed E-state index contributed by atoms with van der Waals surface area (Å²) in [6, 6.07) is 27.5. The van der Waals surface area contributed by atoms with Crippen LogP contribution in [-0.4, -0.2) is 12.9 Å². The van der Waals surface area contributed by atoms with Gasteiger partial charge in [0.2, 0.25) is 0 Å². The van der Waals surface area contributed by atoms with E-state index in [1.807, 2.05) is 72.8 Å². The Kier molecular flexibility index (Phi) is 8.05. The lowest BCUT2D eigenvalue weighted by molar-refractivity contribution is 0.0968. The van der Waals surface area contributed by atoms with Crippen LogP contribution in [0.1, 0.15) is 33.9 Å². The van der Waals surface area contributed by atoms with Crippen LogP contribution in [-0.2, 0) is 6.54 Å². The maximum absolute atomic E-state index is 12.7. The second kappa shape index (κ2) is 10.5. The first-order valence-electron chi connectivity index (χ1n) is 8.76. The summed E-state index contributed by atoms with van der Waals surface area (Å²) in [6.07, 6.45) is 0.406. The highest BCUT2D eigenvalue weighted by Crippen LogP contribution is 2.23. The predicted molar refractivity (Wildman–Crippen MR) is 112 cm³/mol. The van der Waals surface area contributed by atoms with Crippen molar-refractivity contribution in [2.45, 2.75) is 19.0 Å². The Morgan fingerprint density at radius 1 is 0.889 bits per heavy atom. The predicted octanol–water partition coefficient (Wildman–Crippen LogP) is 5.22. The first kappa shape index (κ1) is 20.7. The number of methoxy groups -OCH3 is 1. The van der Waals surface area contributed by atoms with Gasteiger partial charge in [-0.15, -0.1) is 12.4 Å². The number of hydrogen-bond donors (Lipinski definition) is 1. The minimum absolute atomic E-state index is 0. The zero-order valence-electron chi connectivity index (χ0n) is 15.3. The van der Waals surface area contributed by atoms with Crippen molar-refractivity contribution in [2.24, 2.45) is 0 Å². The molecule has 1 atom stereocenters. The average molecular weight is 382 g/mol. The molecule has 1 N–H and O–H groups in total. The third-order valence-corrected chi connectivity index (χ3v) is 4.40. The van der Waals surface area contributed by atoms with Gasteiger partial charge < -0.3 is 10.1 Å². The molecule has 3 aromatic rings. The van der Waals surface area contributed by atoms with E-state index in [0.717, 1.165) is 16.9 Å². The lowest BCUT2D eigenvalue weighted by Gasteiger charge is -2.19. The van der Waals surface area contributed by atoms with Gasteiger partial charge in [0.25, 0.3) is 0 Å². The quantitative estimate of drug-likeness (QED) is 0.543. The Bertz CT molecular complexity index is 820. The topological polar surface area (TPSA) is 38.3 Å². The van der Waals surface area contributed by atoms with Crippen LogP contribution in [0.15, 0.2) is 84.9 Å². The van der Waals surface area contributed by atoms with Crippen LogP contribution in [0.4, 0.5) is 0 Å². The third kappa shape index (κ3) is 5.95. The van der Waals surface area contributed by atoms with E-state index in [0.29, 0.717) is 13.0 Å². The number of ketones is 1. The van der Waals surface area contributed by atoms with Crippen LogP contribution >= 0.6 is 12.4 Å². The molecular formula is C23H24ClNO2. The normalized spacial score (nSPS) is 11.3. The zero-order chi connectivity index (χ0) is 18.2. The second-order valence-electron chi connectivity index (χ2n) is 6.19. The van der Waals surface area contributed by atoms with Crippen LogP contribution in [0, 0.1) is 0 Å². The Balaban J connectivity index is 0.00000261. The highest BCUT2D eigenvalue weighted by molar-refractivity contribution is 5.96. The summed E-state index contributed by atoms with van der Waals surface area (Å²) in [4.78, 5) is 12.7. The van der Waals surface area contributed by atoms with Crippen molar-refractivity contribution < 1.29 is 9.53 Å². The summed E-state index contributed by atoms with van der Waals surface area (Å²) in [5, 5.41) is 3.53. The summed E-state index contributed by atoms with van der Waals surface area (Å²) in [6.45, 7) is 0.708. The number of Topliss-reactive ketones (excluding diaryl/α,β-unsaturated/α-hetero) is 1. The van der Waals surface area contributed by atoms with Crippen molar-refractivity contribution in [2.75, 3.05) is 7.11 Å². The Morgan fingerprint density at radius 3 is 2.07 bits per heavy atom. The maximum Gasteiger partial charge on any atom is 0.164 e. The molecule has 0 amide bonds. The van der Waals surface area contributed by atoms with Gasteiger partial charge >= 0.3 is 0 Å². The molecule has 0 saturated heterocycles. The van der Waals surface area contributed by atoms with Gasteiger partial charge in [-0.1, -0.05) is 72.8 Å². The van der Waals surface area contributed by atoms with Gasteiger partial charge in [0.15, 0.2) is 5.78 Å². The van der Waals surface area contributed by atoms with E-state index in [4.69, 9.17) is 4.74 Å². The van der Waals surface area contributed by atoms with Crippen LogP contribution < -0.4 is 10.1 Å². The van der Waals surface area contributed by atoms with Crippen LogP contribution in [0.25, 0.3) is 0 Å². The first-order chi connectivity index (χ1) is 12.8. The third-order valence-electron chi connectivity index (χ3n) is 4.40. The van der Waals surface area contributed by atoms with Gasteiger partial charge in [-0.25, -0.2) is 0 Å². The molecule has 0 bridgehead atoms. The monoisotopic (exact) mass is 381 g/mol.